The Morgan fingerprint density at radius 2 is 2.18 bits per heavy atom. The number of hydrogen-bond donors (Lipinski definition) is 1. The van der Waals surface area contributed by atoms with Crippen molar-refractivity contribution in [3.8, 4) is 11.5 Å². The Hall–Kier alpha value is -1.88. The van der Waals surface area contributed by atoms with Gasteiger partial charge in [0.1, 0.15) is 5.75 Å². The topological polar surface area (TPSA) is 66.0 Å². The van der Waals surface area contributed by atoms with Crippen LogP contribution in [0.5, 0.6) is 11.5 Å². The quantitative estimate of drug-likeness (QED) is 0.850. The first-order valence-corrected chi connectivity index (χ1v) is 5.66. The van der Waals surface area contributed by atoms with Crippen molar-refractivity contribution in [3.63, 3.8) is 0 Å². The molecule has 2 aromatic rings. The SMILES string of the molecule is CCn1cc(Oc2cncc(CCN)c2)cn1. The van der Waals surface area contributed by atoms with Gasteiger partial charge in [-0.05, 0) is 31.5 Å². The van der Waals surface area contributed by atoms with Crippen molar-refractivity contribution in [2.24, 2.45) is 5.73 Å². The first kappa shape index (κ1) is 11.6. The Labute approximate surface area is 100 Å². The van der Waals surface area contributed by atoms with E-state index in [9.17, 15) is 0 Å². The molecule has 0 saturated heterocycles. The van der Waals surface area contributed by atoms with Crippen LogP contribution in [0.1, 0.15) is 12.5 Å². The fourth-order valence-electron chi connectivity index (χ4n) is 1.53. The fourth-order valence-corrected chi connectivity index (χ4v) is 1.53. The number of ether oxygens (including phenoxy) is 1. The zero-order valence-corrected chi connectivity index (χ0v) is 9.84. The molecule has 2 rings (SSSR count). The largest absolute Gasteiger partial charge is 0.452 e. The molecule has 0 aliphatic rings. The maximum Gasteiger partial charge on any atom is 0.165 e. The van der Waals surface area contributed by atoms with E-state index >= 15 is 0 Å². The third-order valence-electron chi connectivity index (χ3n) is 2.37. The zero-order valence-electron chi connectivity index (χ0n) is 9.84. The summed E-state index contributed by atoms with van der Waals surface area (Å²) < 4.78 is 7.47. The highest BCUT2D eigenvalue weighted by Gasteiger charge is 2.02. The predicted octanol–water partition coefficient (Wildman–Crippen LogP) is 1.59. The first-order valence-electron chi connectivity index (χ1n) is 5.66. The average Bonchev–Trinajstić information content (AvgIpc) is 2.78. The smallest absolute Gasteiger partial charge is 0.165 e. The molecule has 90 valence electrons. The number of nitrogens with two attached hydrogens (primary N) is 1. The minimum Gasteiger partial charge on any atom is -0.452 e. The molecule has 0 aliphatic heterocycles. The molecule has 17 heavy (non-hydrogen) atoms. The normalized spacial score (nSPS) is 10.5. The second-order valence-electron chi connectivity index (χ2n) is 3.70. The molecule has 0 aromatic carbocycles. The van der Waals surface area contributed by atoms with E-state index in [-0.39, 0.29) is 0 Å². The summed E-state index contributed by atoms with van der Waals surface area (Å²) in [4.78, 5) is 4.12. The molecule has 5 nitrogen and oxygen atoms in total. The van der Waals surface area contributed by atoms with Gasteiger partial charge >= 0.3 is 0 Å². The Bertz CT molecular complexity index is 481. The summed E-state index contributed by atoms with van der Waals surface area (Å²) in [7, 11) is 0. The van der Waals surface area contributed by atoms with Crippen LogP contribution in [0.4, 0.5) is 0 Å². The maximum atomic E-state index is 5.66. The maximum absolute atomic E-state index is 5.66. The Balaban J connectivity index is 2.09. The highest BCUT2D eigenvalue weighted by molar-refractivity contribution is 5.28. The first-order chi connectivity index (χ1) is 8.31. The summed E-state index contributed by atoms with van der Waals surface area (Å²) >= 11 is 0. The summed E-state index contributed by atoms with van der Waals surface area (Å²) in [6, 6.07) is 1.95. The van der Waals surface area contributed by atoms with Gasteiger partial charge in [-0.15, -0.1) is 0 Å². The van der Waals surface area contributed by atoms with E-state index in [0.717, 1.165) is 24.3 Å². The lowest BCUT2D eigenvalue weighted by molar-refractivity contribution is 0.478. The molecular formula is C12H16N4O. The van der Waals surface area contributed by atoms with Crippen molar-refractivity contribution in [1.29, 1.82) is 0 Å². The molecular weight excluding hydrogens is 216 g/mol. The van der Waals surface area contributed by atoms with E-state index in [1.807, 2.05) is 23.9 Å². The van der Waals surface area contributed by atoms with Gasteiger partial charge in [-0.2, -0.15) is 5.10 Å². The van der Waals surface area contributed by atoms with Crippen LogP contribution in [-0.2, 0) is 13.0 Å². The minimum atomic E-state index is 0.610. The van der Waals surface area contributed by atoms with Crippen molar-refractivity contribution in [1.82, 2.24) is 14.8 Å². The zero-order chi connectivity index (χ0) is 12.1. The molecule has 0 atom stereocenters. The van der Waals surface area contributed by atoms with Gasteiger partial charge < -0.3 is 10.5 Å². The number of rotatable bonds is 5. The van der Waals surface area contributed by atoms with E-state index < -0.39 is 0 Å². The van der Waals surface area contributed by atoms with E-state index in [1.165, 1.54) is 0 Å². The minimum absolute atomic E-state index is 0.610. The van der Waals surface area contributed by atoms with Crippen LogP contribution in [0.25, 0.3) is 0 Å². The number of aromatic nitrogens is 3. The van der Waals surface area contributed by atoms with E-state index in [2.05, 4.69) is 10.1 Å². The van der Waals surface area contributed by atoms with Crippen LogP contribution >= 0.6 is 0 Å². The van der Waals surface area contributed by atoms with Gasteiger partial charge in [-0.1, -0.05) is 0 Å². The van der Waals surface area contributed by atoms with Crippen LogP contribution < -0.4 is 10.5 Å². The third kappa shape index (κ3) is 3.04. The van der Waals surface area contributed by atoms with Crippen LogP contribution in [0.2, 0.25) is 0 Å². The Morgan fingerprint density at radius 1 is 1.29 bits per heavy atom. The Morgan fingerprint density at radius 3 is 2.88 bits per heavy atom. The molecule has 2 aromatic heterocycles. The van der Waals surface area contributed by atoms with Crippen molar-refractivity contribution in [2.75, 3.05) is 6.54 Å². The van der Waals surface area contributed by atoms with E-state index in [4.69, 9.17) is 10.5 Å². The molecule has 2 N–H and O–H groups in total. The molecule has 0 unspecified atom stereocenters. The van der Waals surface area contributed by atoms with Crippen molar-refractivity contribution in [2.45, 2.75) is 19.9 Å². The van der Waals surface area contributed by atoms with Crippen molar-refractivity contribution < 1.29 is 4.74 Å². The summed E-state index contributed by atoms with van der Waals surface area (Å²) in [6.45, 7) is 3.47. The van der Waals surface area contributed by atoms with E-state index in [0.29, 0.717) is 12.3 Å². The van der Waals surface area contributed by atoms with Crippen LogP contribution in [0, 0.1) is 0 Å². The van der Waals surface area contributed by atoms with Gasteiger partial charge in [-0.25, -0.2) is 0 Å². The van der Waals surface area contributed by atoms with E-state index in [1.54, 1.807) is 18.6 Å². The summed E-state index contributed by atoms with van der Waals surface area (Å²) in [6.07, 6.45) is 7.84. The molecule has 0 bridgehead atoms. The fraction of sp³-hybridized carbons (Fsp3) is 0.333. The molecule has 0 spiro atoms. The van der Waals surface area contributed by atoms with Gasteiger partial charge in [0.25, 0.3) is 0 Å². The molecule has 0 amide bonds. The molecule has 5 heteroatoms. The lowest BCUT2D eigenvalue weighted by Crippen LogP contribution is -2.02. The number of aryl methyl sites for hydroxylation is 1. The summed E-state index contributed by atoms with van der Waals surface area (Å²) in [5.41, 5.74) is 6.58. The lowest BCUT2D eigenvalue weighted by atomic mass is 10.2. The average molecular weight is 232 g/mol. The van der Waals surface area contributed by atoms with Crippen LogP contribution in [-0.4, -0.2) is 21.3 Å². The monoisotopic (exact) mass is 232 g/mol. The predicted molar refractivity (Wildman–Crippen MR) is 65.0 cm³/mol. The van der Waals surface area contributed by atoms with Gasteiger partial charge in [0, 0.05) is 12.7 Å². The van der Waals surface area contributed by atoms with Gasteiger partial charge in [0.05, 0.1) is 18.6 Å². The number of hydrogen-bond acceptors (Lipinski definition) is 4. The van der Waals surface area contributed by atoms with Crippen molar-refractivity contribution >= 4 is 0 Å². The summed E-state index contributed by atoms with van der Waals surface area (Å²) in [5, 5.41) is 4.14. The molecule has 0 aliphatic carbocycles. The number of pyridine rings is 1. The standard InChI is InChI=1S/C12H16N4O/c1-2-16-9-12(8-15-16)17-11-5-10(3-4-13)6-14-7-11/h5-9H,2-4,13H2,1H3. The second kappa shape index (κ2) is 5.45. The lowest BCUT2D eigenvalue weighted by Gasteiger charge is -2.04. The highest BCUT2D eigenvalue weighted by Crippen LogP contribution is 2.20. The molecule has 0 radical (unpaired) electrons. The van der Waals surface area contributed by atoms with Crippen molar-refractivity contribution in [3.05, 3.63) is 36.4 Å². The second-order valence-corrected chi connectivity index (χ2v) is 3.70. The molecule has 2 heterocycles. The molecule has 0 fully saturated rings. The van der Waals surface area contributed by atoms with Crippen LogP contribution in [0.15, 0.2) is 30.9 Å². The summed E-state index contributed by atoms with van der Waals surface area (Å²) in [5.74, 6) is 1.44. The Kier molecular flexibility index (Phi) is 3.72. The molecule has 0 saturated carbocycles. The third-order valence-corrected chi connectivity index (χ3v) is 2.37. The van der Waals surface area contributed by atoms with Gasteiger partial charge in [-0.3, -0.25) is 9.67 Å². The van der Waals surface area contributed by atoms with Gasteiger partial charge in [0.15, 0.2) is 5.75 Å². The van der Waals surface area contributed by atoms with Crippen LogP contribution in [0.3, 0.4) is 0 Å². The number of nitrogens with zero attached hydrogens (tertiary/aromatic N) is 3. The van der Waals surface area contributed by atoms with Gasteiger partial charge in [0.2, 0.25) is 0 Å². The highest BCUT2D eigenvalue weighted by atomic mass is 16.5.